The average Bonchev–Trinajstić information content (AvgIpc) is 2.38. The highest BCUT2D eigenvalue weighted by Gasteiger charge is 2.03. The molecule has 4 heteroatoms. The van der Waals surface area contributed by atoms with Gasteiger partial charge in [-0.3, -0.25) is 0 Å². The van der Waals surface area contributed by atoms with Crippen LogP contribution >= 0.6 is 0 Å². The molecule has 0 heterocycles. The molecule has 18 heavy (non-hydrogen) atoms. The number of hydrogen-bond acceptors (Lipinski definition) is 3. The number of benzene rings is 1. The van der Waals surface area contributed by atoms with Gasteiger partial charge in [0.05, 0.1) is 13.7 Å². The third-order valence-corrected chi connectivity index (χ3v) is 2.60. The smallest absolute Gasteiger partial charge is 0.308 e. The quantitative estimate of drug-likeness (QED) is 0.643. The van der Waals surface area contributed by atoms with Gasteiger partial charge in [0.1, 0.15) is 5.75 Å². The molecule has 1 aromatic rings. The van der Waals surface area contributed by atoms with Gasteiger partial charge in [0.2, 0.25) is 0 Å². The Hall–Kier alpha value is -1.84. The van der Waals surface area contributed by atoms with Gasteiger partial charge in [-0.05, 0) is 30.5 Å². The Bertz CT molecular complexity index is 428. The van der Waals surface area contributed by atoms with Crippen LogP contribution in [0.3, 0.4) is 0 Å². The minimum absolute atomic E-state index is 0.0401. The van der Waals surface area contributed by atoms with E-state index in [1.54, 1.807) is 20.2 Å². The standard InChI is InChI=1S/C14H20N2O2/c1-4-12-10-11(6-7-13(12)17-3)8-9-18-14(15)16-5-2/h5-7,10,15H,4,8-9H2,1-3H3/b15-14?,16-5+. The summed E-state index contributed by atoms with van der Waals surface area (Å²) in [6, 6.07) is 6.08. The van der Waals surface area contributed by atoms with Crippen LogP contribution in [0.5, 0.6) is 5.75 Å². The zero-order chi connectivity index (χ0) is 13.4. The van der Waals surface area contributed by atoms with E-state index in [0.717, 1.165) is 18.6 Å². The Morgan fingerprint density at radius 2 is 2.22 bits per heavy atom. The van der Waals surface area contributed by atoms with E-state index in [0.29, 0.717) is 6.61 Å². The van der Waals surface area contributed by atoms with Crippen molar-refractivity contribution in [2.24, 2.45) is 4.99 Å². The Kier molecular flexibility index (Phi) is 5.91. The fourth-order valence-electron chi connectivity index (χ4n) is 1.68. The molecule has 0 bridgehead atoms. The Morgan fingerprint density at radius 3 is 2.83 bits per heavy atom. The molecule has 4 nitrogen and oxygen atoms in total. The first-order valence-electron chi connectivity index (χ1n) is 6.07. The van der Waals surface area contributed by atoms with Crippen LogP contribution in [0.1, 0.15) is 25.0 Å². The van der Waals surface area contributed by atoms with Crippen molar-refractivity contribution in [1.29, 1.82) is 5.41 Å². The summed E-state index contributed by atoms with van der Waals surface area (Å²) < 4.78 is 10.5. The molecule has 1 rings (SSSR count). The molecular weight excluding hydrogens is 228 g/mol. The minimum atomic E-state index is -0.0401. The van der Waals surface area contributed by atoms with Crippen LogP contribution in [-0.2, 0) is 17.6 Å². The molecular formula is C14H20N2O2. The maximum Gasteiger partial charge on any atom is 0.308 e. The van der Waals surface area contributed by atoms with Crippen molar-refractivity contribution in [2.75, 3.05) is 13.7 Å². The highest BCUT2D eigenvalue weighted by Crippen LogP contribution is 2.20. The molecule has 0 spiro atoms. The van der Waals surface area contributed by atoms with Gasteiger partial charge in [-0.1, -0.05) is 19.1 Å². The number of rotatable bonds is 5. The first kappa shape index (κ1) is 14.2. The first-order valence-corrected chi connectivity index (χ1v) is 6.07. The minimum Gasteiger partial charge on any atom is -0.496 e. The molecule has 98 valence electrons. The highest BCUT2D eigenvalue weighted by molar-refractivity contribution is 5.79. The third kappa shape index (κ3) is 4.20. The summed E-state index contributed by atoms with van der Waals surface area (Å²) in [6.07, 6.45) is 3.25. The van der Waals surface area contributed by atoms with Crippen molar-refractivity contribution >= 4 is 12.2 Å². The van der Waals surface area contributed by atoms with Crippen LogP contribution < -0.4 is 4.74 Å². The van der Waals surface area contributed by atoms with E-state index in [2.05, 4.69) is 18.0 Å². The lowest BCUT2D eigenvalue weighted by molar-refractivity contribution is 0.301. The van der Waals surface area contributed by atoms with E-state index in [4.69, 9.17) is 14.9 Å². The number of amidine groups is 1. The van der Waals surface area contributed by atoms with Crippen LogP contribution in [0.15, 0.2) is 23.2 Å². The number of hydrogen-bond donors (Lipinski definition) is 1. The average molecular weight is 248 g/mol. The lowest BCUT2D eigenvalue weighted by atomic mass is 10.1. The van der Waals surface area contributed by atoms with E-state index in [9.17, 15) is 0 Å². The fraction of sp³-hybridized carbons (Fsp3) is 0.429. The SMILES string of the molecule is C/C=N/C(=N)OCCc1ccc(OC)c(CC)c1. The van der Waals surface area contributed by atoms with Gasteiger partial charge in [0.15, 0.2) is 0 Å². The second-order valence-corrected chi connectivity index (χ2v) is 3.79. The van der Waals surface area contributed by atoms with Crippen LogP contribution in [0, 0.1) is 5.41 Å². The van der Waals surface area contributed by atoms with E-state index >= 15 is 0 Å². The van der Waals surface area contributed by atoms with Gasteiger partial charge in [-0.15, -0.1) is 0 Å². The van der Waals surface area contributed by atoms with Crippen molar-refractivity contribution in [3.63, 3.8) is 0 Å². The van der Waals surface area contributed by atoms with Crippen molar-refractivity contribution in [2.45, 2.75) is 26.7 Å². The summed E-state index contributed by atoms with van der Waals surface area (Å²) in [5.74, 6) is 0.922. The summed E-state index contributed by atoms with van der Waals surface area (Å²) in [7, 11) is 1.68. The van der Waals surface area contributed by atoms with E-state index in [1.165, 1.54) is 11.1 Å². The van der Waals surface area contributed by atoms with Crippen LogP contribution in [0.2, 0.25) is 0 Å². The largest absolute Gasteiger partial charge is 0.496 e. The van der Waals surface area contributed by atoms with Gasteiger partial charge >= 0.3 is 6.02 Å². The van der Waals surface area contributed by atoms with Crippen molar-refractivity contribution < 1.29 is 9.47 Å². The van der Waals surface area contributed by atoms with E-state index in [-0.39, 0.29) is 6.02 Å². The van der Waals surface area contributed by atoms with Crippen molar-refractivity contribution in [3.8, 4) is 5.75 Å². The topological polar surface area (TPSA) is 54.7 Å². The number of nitrogens with zero attached hydrogens (tertiary/aromatic N) is 1. The molecule has 0 aliphatic carbocycles. The second-order valence-electron chi connectivity index (χ2n) is 3.79. The predicted molar refractivity (Wildman–Crippen MR) is 73.9 cm³/mol. The number of aliphatic imine (C=N–C) groups is 1. The summed E-state index contributed by atoms with van der Waals surface area (Å²) in [4.78, 5) is 3.73. The second kappa shape index (κ2) is 7.48. The van der Waals surface area contributed by atoms with Crippen LogP contribution in [0.25, 0.3) is 0 Å². The van der Waals surface area contributed by atoms with Gasteiger partial charge in [0, 0.05) is 12.6 Å². The van der Waals surface area contributed by atoms with Gasteiger partial charge in [0.25, 0.3) is 0 Å². The monoisotopic (exact) mass is 248 g/mol. The summed E-state index contributed by atoms with van der Waals surface area (Å²) in [5, 5.41) is 7.36. The zero-order valence-corrected chi connectivity index (χ0v) is 11.2. The summed E-state index contributed by atoms with van der Waals surface area (Å²) >= 11 is 0. The van der Waals surface area contributed by atoms with Gasteiger partial charge in [-0.2, -0.15) is 0 Å². The zero-order valence-electron chi connectivity index (χ0n) is 11.2. The molecule has 0 aromatic heterocycles. The number of ether oxygens (including phenoxy) is 2. The highest BCUT2D eigenvalue weighted by atomic mass is 16.5. The Morgan fingerprint density at radius 1 is 1.44 bits per heavy atom. The van der Waals surface area contributed by atoms with Crippen LogP contribution in [-0.4, -0.2) is 26.0 Å². The molecule has 0 aliphatic heterocycles. The molecule has 0 unspecified atom stereocenters. The number of nitrogens with one attached hydrogen (secondary N) is 1. The lowest BCUT2D eigenvalue weighted by Gasteiger charge is -2.09. The molecule has 0 aliphatic rings. The molecule has 0 amide bonds. The first-order chi connectivity index (χ1) is 8.71. The molecule has 1 N–H and O–H groups in total. The maximum atomic E-state index is 7.36. The van der Waals surface area contributed by atoms with E-state index < -0.39 is 0 Å². The number of aryl methyl sites for hydroxylation is 1. The van der Waals surface area contributed by atoms with Crippen molar-refractivity contribution in [3.05, 3.63) is 29.3 Å². The van der Waals surface area contributed by atoms with Crippen LogP contribution in [0.4, 0.5) is 0 Å². The predicted octanol–water partition coefficient (Wildman–Crippen LogP) is 2.84. The molecule has 0 radical (unpaired) electrons. The van der Waals surface area contributed by atoms with E-state index in [1.807, 2.05) is 12.1 Å². The summed E-state index contributed by atoms with van der Waals surface area (Å²) in [6.45, 7) is 4.32. The third-order valence-electron chi connectivity index (χ3n) is 2.60. The number of methoxy groups -OCH3 is 1. The molecule has 1 aromatic carbocycles. The fourth-order valence-corrected chi connectivity index (χ4v) is 1.68. The van der Waals surface area contributed by atoms with Crippen molar-refractivity contribution in [1.82, 2.24) is 0 Å². The normalized spacial score (nSPS) is 10.6. The van der Waals surface area contributed by atoms with Gasteiger partial charge < -0.3 is 9.47 Å². The Balaban J connectivity index is 2.55. The molecule has 0 atom stereocenters. The molecule has 0 fully saturated rings. The van der Waals surface area contributed by atoms with Gasteiger partial charge in [-0.25, -0.2) is 10.4 Å². The summed E-state index contributed by atoms with van der Waals surface area (Å²) in [5.41, 5.74) is 2.37. The maximum absolute atomic E-state index is 7.36. The Labute approximate surface area is 108 Å². The lowest BCUT2D eigenvalue weighted by Crippen LogP contribution is -2.04. The molecule has 0 saturated heterocycles. The molecule has 0 saturated carbocycles.